The van der Waals surface area contributed by atoms with Gasteiger partial charge in [0.15, 0.2) is 11.4 Å². The van der Waals surface area contributed by atoms with E-state index in [9.17, 15) is 24.6 Å². The second-order valence-corrected chi connectivity index (χ2v) is 12.9. The fraction of sp³-hybridized carbons (Fsp3) is 0.741. The van der Waals surface area contributed by atoms with Crippen LogP contribution in [0.1, 0.15) is 72.6 Å². The molecule has 1 unspecified atom stereocenters. The molecule has 0 radical (unpaired) electrons. The van der Waals surface area contributed by atoms with E-state index < -0.39 is 56.8 Å². The molecule has 6 nitrogen and oxygen atoms in total. The summed E-state index contributed by atoms with van der Waals surface area (Å²) in [4.78, 5) is 38.2. The van der Waals surface area contributed by atoms with Crippen molar-refractivity contribution < 1.29 is 33.7 Å². The highest BCUT2D eigenvalue weighted by Gasteiger charge is 2.76. The van der Waals surface area contributed by atoms with E-state index in [0.29, 0.717) is 18.4 Å². The van der Waals surface area contributed by atoms with E-state index in [1.165, 1.54) is 19.1 Å². The monoisotopic (exact) mass is 554 g/mol. The highest BCUT2D eigenvalue weighted by molar-refractivity contribution is 9.10. The Morgan fingerprint density at radius 3 is 2.54 bits per heavy atom. The van der Waals surface area contributed by atoms with Crippen molar-refractivity contribution in [2.45, 2.75) is 94.3 Å². The number of ketones is 2. The molecule has 0 aliphatic heterocycles. The predicted octanol–water partition coefficient (Wildman–Crippen LogP) is 4.15. The zero-order valence-corrected chi connectivity index (χ0v) is 22.5. The smallest absolute Gasteiger partial charge is 0.306 e. The lowest BCUT2D eigenvalue weighted by Gasteiger charge is -2.66. The Labute approximate surface area is 214 Å². The number of hydrogen-bond donors (Lipinski definition) is 2. The number of unbranched alkanes of at least 4 members (excludes halogenated alkanes) is 1. The minimum absolute atomic E-state index is 0.0469. The zero-order valence-electron chi connectivity index (χ0n) is 20.9. The van der Waals surface area contributed by atoms with Gasteiger partial charge in [-0.25, -0.2) is 4.39 Å². The molecule has 2 N–H and O–H groups in total. The molecule has 0 amide bonds. The molecule has 3 fully saturated rings. The van der Waals surface area contributed by atoms with Crippen LogP contribution in [0.4, 0.5) is 4.39 Å². The summed E-state index contributed by atoms with van der Waals surface area (Å²) in [6.07, 6.45) is 5.90. The van der Waals surface area contributed by atoms with Gasteiger partial charge in [-0.05, 0) is 68.6 Å². The molecule has 0 aromatic rings. The van der Waals surface area contributed by atoms with Gasteiger partial charge in [-0.15, -0.1) is 0 Å². The van der Waals surface area contributed by atoms with Gasteiger partial charge < -0.3 is 14.9 Å². The molecule has 35 heavy (non-hydrogen) atoms. The summed E-state index contributed by atoms with van der Waals surface area (Å²) in [5.41, 5.74) is -5.00. The van der Waals surface area contributed by atoms with E-state index in [-0.39, 0.29) is 37.4 Å². The van der Waals surface area contributed by atoms with Crippen LogP contribution in [0.3, 0.4) is 0 Å². The van der Waals surface area contributed by atoms with Crippen molar-refractivity contribution in [3.63, 3.8) is 0 Å². The molecular weight excluding hydrogens is 519 g/mol. The number of fused-ring (bicyclic) bond motifs is 5. The highest BCUT2D eigenvalue weighted by atomic mass is 79.9. The average Bonchev–Trinajstić information content (AvgIpc) is 3.07. The molecule has 3 saturated carbocycles. The Bertz CT molecular complexity index is 1010. The number of carbonyl (C=O) groups is 3. The van der Waals surface area contributed by atoms with Gasteiger partial charge in [-0.1, -0.05) is 49.2 Å². The van der Waals surface area contributed by atoms with Gasteiger partial charge in [0, 0.05) is 17.3 Å². The fourth-order valence-corrected chi connectivity index (χ4v) is 8.93. The van der Waals surface area contributed by atoms with Gasteiger partial charge in [0.05, 0.1) is 10.4 Å². The number of aliphatic hydroxyl groups is 2. The summed E-state index contributed by atoms with van der Waals surface area (Å²) >= 11 is 3.88. The Balaban J connectivity index is 1.82. The molecule has 8 atom stereocenters. The van der Waals surface area contributed by atoms with Gasteiger partial charge in [0.1, 0.15) is 12.3 Å². The molecule has 0 aromatic carbocycles. The van der Waals surface area contributed by atoms with E-state index in [1.807, 2.05) is 20.8 Å². The largest absolute Gasteiger partial charge is 0.450 e. The molecule has 4 aliphatic rings. The molecule has 0 spiro atoms. The van der Waals surface area contributed by atoms with Crippen molar-refractivity contribution >= 4 is 33.5 Å². The molecular formula is C27H36BrFO6. The highest BCUT2D eigenvalue weighted by Crippen LogP contribution is 2.73. The number of carbonyl (C=O) groups excluding carboxylic acids is 3. The van der Waals surface area contributed by atoms with Crippen LogP contribution in [0, 0.1) is 22.7 Å². The Morgan fingerprint density at radius 1 is 1.23 bits per heavy atom. The van der Waals surface area contributed by atoms with Crippen LogP contribution in [0.15, 0.2) is 23.8 Å². The Kier molecular flexibility index (Phi) is 6.55. The third-order valence-electron chi connectivity index (χ3n) is 9.68. The van der Waals surface area contributed by atoms with Crippen LogP contribution in [0.5, 0.6) is 0 Å². The van der Waals surface area contributed by atoms with Gasteiger partial charge in [-0.2, -0.15) is 0 Å². The summed E-state index contributed by atoms with van der Waals surface area (Å²) in [5.74, 6) is -2.03. The minimum Gasteiger partial charge on any atom is -0.450 e. The summed E-state index contributed by atoms with van der Waals surface area (Å²) in [6.45, 7) is 6.33. The van der Waals surface area contributed by atoms with Crippen molar-refractivity contribution in [2.75, 3.05) is 6.61 Å². The molecule has 0 aromatic heterocycles. The Hall–Kier alpha value is -1.38. The van der Waals surface area contributed by atoms with Gasteiger partial charge >= 0.3 is 5.97 Å². The zero-order chi connectivity index (χ0) is 26.0. The van der Waals surface area contributed by atoms with Crippen LogP contribution in [0.25, 0.3) is 0 Å². The first-order valence-electron chi connectivity index (χ1n) is 12.6. The number of aliphatic hydroxyl groups excluding tert-OH is 2. The minimum atomic E-state index is -1.81. The molecule has 8 heteroatoms. The lowest BCUT2D eigenvalue weighted by Crippen LogP contribution is -2.71. The maximum atomic E-state index is 16.3. The number of hydrogen-bond acceptors (Lipinski definition) is 6. The van der Waals surface area contributed by atoms with E-state index in [2.05, 4.69) is 15.9 Å². The van der Waals surface area contributed by atoms with Crippen molar-refractivity contribution in [1.29, 1.82) is 0 Å². The van der Waals surface area contributed by atoms with Crippen molar-refractivity contribution in [2.24, 2.45) is 22.7 Å². The first-order chi connectivity index (χ1) is 16.2. The quantitative estimate of drug-likeness (QED) is 0.377. The third-order valence-corrected chi connectivity index (χ3v) is 11.6. The number of esters is 1. The van der Waals surface area contributed by atoms with E-state index >= 15 is 4.39 Å². The summed E-state index contributed by atoms with van der Waals surface area (Å²) in [7, 11) is 0. The second kappa shape index (κ2) is 8.59. The summed E-state index contributed by atoms with van der Waals surface area (Å²) < 4.78 is 21.3. The average molecular weight is 555 g/mol. The van der Waals surface area contributed by atoms with E-state index in [1.54, 1.807) is 6.08 Å². The van der Waals surface area contributed by atoms with Crippen molar-refractivity contribution in [3.8, 4) is 0 Å². The molecule has 0 heterocycles. The Morgan fingerprint density at radius 2 is 1.91 bits per heavy atom. The first kappa shape index (κ1) is 26.7. The first-order valence-corrected chi connectivity index (χ1v) is 13.4. The molecule has 4 rings (SSSR count). The normalized spacial score (nSPS) is 46.3. The van der Waals surface area contributed by atoms with Crippen LogP contribution in [0.2, 0.25) is 0 Å². The SMILES string of the molecule is CCCCC(=O)O[C@]1(C(=O)CO)CC[C@H]2[C@@H]3C[C@](C)(F)C4=CC(=O)C=C[C@]4(C)[C@@]3(Br)C(O)C[C@@]21C. The molecule has 4 aliphatic carbocycles. The van der Waals surface area contributed by atoms with Gasteiger partial charge in [0.25, 0.3) is 0 Å². The topological polar surface area (TPSA) is 101 Å². The van der Waals surface area contributed by atoms with Gasteiger partial charge in [0.2, 0.25) is 5.78 Å². The van der Waals surface area contributed by atoms with Crippen LogP contribution < -0.4 is 0 Å². The maximum Gasteiger partial charge on any atom is 0.306 e. The van der Waals surface area contributed by atoms with Crippen LogP contribution in [-0.4, -0.2) is 56.1 Å². The summed E-state index contributed by atoms with van der Waals surface area (Å²) in [6, 6.07) is 0. The third kappa shape index (κ3) is 3.49. The van der Waals surface area contributed by atoms with E-state index in [4.69, 9.17) is 4.74 Å². The van der Waals surface area contributed by atoms with E-state index in [0.717, 1.165) is 6.42 Å². The lowest BCUT2D eigenvalue weighted by molar-refractivity contribution is -0.198. The molecule has 194 valence electrons. The predicted molar refractivity (Wildman–Crippen MR) is 132 cm³/mol. The number of rotatable bonds is 6. The number of Topliss-reactive ketones (excluding diaryl/α,β-unsaturated/α-hetero) is 1. The number of allylic oxidation sites excluding steroid dienone is 4. The summed E-state index contributed by atoms with van der Waals surface area (Å²) in [5, 5.41) is 21.6. The number of alkyl halides is 2. The van der Waals surface area contributed by atoms with Crippen LogP contribution in [-0.2, 0) is 19.1 Å². The molecule has 0 saturated heterocycles. The van der Waals surface area contributed by atoms with Gasteiger partial charge in [-0.3, -0.25) is 14.4 Å². The lowest BCUT2D eigenvalue weighted by atomic mass is 9.44. The maximum absolute atomic E-state index is 16.3. The van der Waals surface area contributed by atoms with Crippen molar-refractivity contribution in [1.82, 2.24) is 0 Å². The fourth-order valence-electron chi connectivity index (χ4n) is 7.94. The molecule has 0 bridgehead atoms. The standard InChI is InChI=1S/C27H36BrFO6/c1-5-6-7-22(34)35-26(21(33)15-30)11-9-17-18-13-25(4,29)19-12-16(31)8-10-23(19,2)27(18,28)20(32)14-24(17,26)3/h8,10,12,17-18,20,30,32H,5-7,9,11,13-15H2,1-4H3/t17-,18-,20?,23-,24-,25-,26-,27-/m0/s1. The van der Waals surface area contributed by atoms with Crippen molar-refractivity contribution in [3.05, 3.63) is 23.8 Å². The number of ether oxygens (including phenoxy) is 1. The van der Waals surface area contributed by atoms with Crippen LogP contribution >= 0.6 is 15.9 Å². The second-order valence-electron chi connectivity index (χ2n) is 11.5. The number of halogens is 2.